The molecule has 0 radical (unpaired) electrons. The van der Waals surface area contributed by atoms with Gasteiger partial charge in [-0.15, -0.1) is 0 Å². The fourth-order valence-corrected chi connectivity index (χ4v) is 3.64. The number of nitrogens with zero attached hydrogens (tertiary/aromatic N) is 2. The van der Waals surface area contributed by atoms with Crippen LogP contribution >= 0.6 is 0 Å². The van der Waals surface area contributed by atoms with Gasteiger partial charge in [0, 0.05) is 24.3 Å². The lowest BCUT2D eigenvalue weighted by Crippen LogP contribution is -2.36. The summed E-state index contributed by atoms with van der Waals surface area (Å²) < 4.78 is 26.4. The largest absolute Gasteiger partial charge is 0.488 e. The van der Waals surface area contributed by atoms with Gasteiger partial charge >= 0.3 is 0 Å². The smallest absolute Gasteiger partial charge is 0.251 e. The highest BCUT2D eigenvalue weighted by Gasteiger charge is 2.23. The topological polar surface area (TPSA) is 85.6 Å². The van der Waals surface area contributed by atoms with Crippen molar-refractivity contribution in [3.05, 3.63) is 36.0 Å². The van der Waals surface area contributed by atoms with Crippen LogP contribution in [0.15, 0.2) is 24.7 Å². The van der Waals surface area contributed by atoms with Crippen LogP contribution < -0.4 is 10.1 Å². The third-order valence-corrected chi connectivity index (χ3v) is 5.11. The molecule has 1 aliphatic heterocycles. The number of amides is 1. The summed E-state index contributed by atoms with van der Waals surface area (Å²) in [5.74, 6) is -0.529. The van der Waals surface area contributed by atoms with E-state index in [1.54, 1.807) is 25.7 Å². The molecule has 2 aliphatic rings. The number of imidazole rings is 1. The zero-order chi connectivity index (χ0) is 20.6. The number of rotatable bonds is 4. The summed E-state index contributed by atoms with van der Waals surface area (Å²) in [4.78, 5) is 16.7. The lowest BCUT2D eigenvalue weighted by atomic mass is 9.95. The molecule has 158 valence electrons. The predicted molar refractivity (Wildman–Crippen MR) is 106 cm³/mol. The van der Waals surface area contributed by atoms with E-state index in [1.165, 1.54) is 12.5 Å². The average Bonchev–Trinajstić information content (AvgIpc) is 3.12. The third-order valence-electron chi connectivity index (χ3n) is 5.11. The van der Waals surface area contributed by atoms with Gasteiger partial charge in [0.25, 0.3) is 5.91 Å². The molecule has 2 heterocycles. The summed E-state index contributed by atoms with van der Waals surface area (Å²) in [6.45, 7) is 1.55. The van der Waals surface area contributed by atoms with Gasteiger partial charge in [-0.3, -0.25) is 4.79 Å². The van der Waals surface area contributed by atoms with E-state index in [2.05, 4.69) is 15.0 Å². The monoisotopic (exact) mass is 405 g/mol. The van der Waals surface area contributed by atoms with Crippen molar-refractivity contribution in [1.29, 1.82) is 0 Å². The number of benzene rings is 1. The standard InChI is InChI=1S/C18H20FN3O2.C3H8O2/c19-15-9-12(18(23)21-13-4-2-1-3-5-13)8-14-16-10-20-11-22(16)6-7-24-17(14)15;1-5-3-2-4/h8-11,13H,1-7H2,(H,21,23);4H,2-3H2,1H3. The summed E-state index contributed by atoms with van der Waals surface area (Å²) in [7, 11) is 1.55. The van der Waals surface area contributed by atoms with E-state index < -0.39 is 5.82 Å². The van der Waals surface area contributed by atoms with Crippen molar-refractivity contribution in [3.63, 3.8) is 0 Å². The number of methoxy groups -OCH3 is 1. The molecule has 1 aromatic heterocycles. The minimum absolute atomic E-state index is 0.122. The SMILES string of the molecule is COCCO.O=C(NC1CCCCC1)c1cc(F)c2c(c1)-c1cncn1CCO2. The van der Waals surface area contributed by atoms with Crippen molar-refractivity contribution in [3.8, 4) is 17.0 Å². The molecule has 2 N–H and O–H groups in total. The molecule has 2 aromatic rings. The highest BCUT2D eigenvalue weighted by molar-refractivity contribution is 5.96. The van der Waals surface area contributed by atoms with Crippen molar-refractivity contribution in [1.82, 2.24) is 14.9 Å². The second-order valence-corrected chi connectivity index (χ2v) is 7.18. The lowest BCUT2D eigenvalue weighted by molar-refractivity contribution is 0.0927. The van der Waals surface area contributed by atoms with Crippen molar-refractivity contribution in [2.24, 2.45) is 0 Å². The summed E-state index contributed by atoms with van der Waals surface area (Å²) in [6, 6.07) is 3.16. The molecular formula is C21H28FN3O4. The number of aromatic nitrogens is 2. The first-order valence-electron chi connectivity index (χ1n) is 10.0. The van der Waals surface area contributed by atoms with E-state index in [9.17, 15) is 9.18 Å². The van der Waals surface area contributed by atoms with Gasteiger partial charge in [0.1, 0.15) is 6.61 Å². The quantitative estimate of drug-likeness (QED) is 0.817. The van der Waals surface area contributed by atoms with Crippen molar-refractivity contribution < 1.29 is 23.8 Å². The average molecular weight is 405 g/mol. The fourth-order valence-electron chi connectivity index (χ4n) is 3.64. The van der Waals surface area contributed by atoms with E-state index in [0.717, 1.165) is 31.4 Å². The molecular weight excluding hydrogens is 377 g/mol. The maximum atomic E-state index is 14.5. The van der Waals surface area contributed by atoms with Crippen LogP contribution in [0.2, 0.25) is 0 Å². The maximum absolute atomic E-state index is 14.5. The van der Waals surface area contributed by atoms with Gasteiger partial charge in [-0.25, -0.2) is 9.37 Å². The zero-order valence-electron chi connectivity index (χ0n) is 16.7. The number of aliphatic hydroxyl groups excluding tert-OH is 1. The first-order chi connectivity index (χ1) is 14.1. The zero-order valence-corrected chi connectivity index (χ0v) is 16.7. The molecule has 1 saturated carbocycles. The molecule has 1 aliphatic carbocycles. The van der Waals surface area contributed by atoms with Gasteiger partial charge < -0.3 is 24.5 Å². The Kier molecular flexibility index (Phi) is 7.60. The van der Waals surface area contributed by atoms with Crippen LogP contribution in [0.4, 0.5) is 4.39 Å². The molecule has 4 rings (SSSR count). The van der Waals surface area contributed by atoms with Crippen LogP contribution in [0.5, 0.6) is 5.75 Å². The van der Waals surface area contributed by atoms with Gasteiger partial charge in [-0.05, 0) is 25.0 Å². The summed E-state index contributed by atoms with van der Waals surface area (Å²) in [5.41, 5.74) is 1.68. The number of fused-ring (bicyclic) bond motifs is 3. The van der Waals surface area contributed by atoms with E-state index in [-0.39, 0.29) is 24.3 Å². The molecule has 8 heteroatoms. The molecule has 0 unspecified atom stereocenters. The number of hydrogen-bond donors (Lipinski definition) is 2. The number of aliphatic hydroxyl groups is 1. The molecule has 1 aromatic carbocycles. The van der Waals surface area contributed by atoms with Crippen molar-refractivity contribution in [2.45, 2.75) is 44.7 Å². The second kappa shape index (κ2) is 10.4. The van der Waals surface area contributed by atoms with Gasteiger partial charge in [0.15, 0.2) is 11.6 Å². The first kappa shape index (κ1) is 21.3. The minimum Gasteiger partial charge on any atom is -0.488 e. The van der Waals surface area contributed by atoms with Gasteiger partial charge in [-0.2, -0.15) is 0 Å². The summed E-state index contributed by atoms with van der Waals surface area (Å²) >= 11 is 0. The lowest BCUT2D eigenvalue weighted by Gasteiger charge is -2.23. The van der Waals surface area contributed by atoms with Gasteiger partial charge in [0.2, 0.25) is 0 Å². The van der Waals surface area contributed by atoms with Crippen LogP contribution in [0.1, 0.15) is 42.5 Å². The number of hydrogen-bond acceptors (Lipinski definition) is 5. The molecule has 1 amide bonds. The molecule has 0 atom stereocenters. The number of carbonyl (C=O) groups excluding carboxylic acids is 1. The fraction of sp³-hybridized carbons (Fsp3) is 0.524. The molecule has 1 fully saturated rings. The van der Waals surface area contributed by atoms with Crippen LogP contribution in [0, 0.1) is 5.82 Å². The Morgan fingerprint density at radius 1 is 1.38 bits per heavy atom. The normalized spacial score (nSPS) is 15.8. The molecule has 0 spiro atoms. The summed E-state index contributed by atoms with van der Waals surface area (Å²) in [5, 5.41) is 11.0. The van der Waals surface area contributed by atoms with Crippen LogP contribution in [0.3, 0.4) is 0 Å². The van der Waals surface area contributed by atoms with E-state index in [0.29, 0.717) is 30.9 Å². The molecule has 29 heavy (non-hydrogen) atoms. The van der Waals surface area contributed by atoms with Crippen LogP contribution in [0.25, 0.3) is 11.3 Å². The maximum Gasteiger partial charge on any atom is 0.251 e. The Bertz CT molecular complexity index is 816. The minimum atomic E-state index is -0.504. The molecule has 0 bridgehead atoms. The molecule has 7 nitrogen and oxygen atoms in total. The van der Waals surface area contributed by atoms with E-state index in [4.69, 9.17) is 9.84 Å². The Hall–Kier alpha value is -2.45. The van der Waals surface area contributed by atoms with Crippen LogP contribution in [-0.4, -0.2) is 53.5 Å². The molecule has 0 saturated heterocycles. The van der Waals surface area contributed by atoms with Gasteiger partial charge in [0.05, 0.1) is 38.0 Å². The Labute approximate surface area is 169 Å². The highest BCUT2D eigenvalue weighted by atomic mass is 19.1. The second-order valence-electron chi connectivity index (χ2n) is 7.18. The predicted octanol–water partition coefficient (Wildman–Crippen LogP) is 2.77. The van der Waals surface area contributed by atoms with Crippen molar-refractivity contribution in [2.75, 3.05) is 26.9 Å². The van der Waals surface area contributed by atoms with Crippen LogP contribution in [-0.2, 0) is 11.3 Å². The Balaban J connectivity index is 0.000000431. The number of ether oxygens (including phenoxy) is 2. The summed E-state index contributed by atoms with van der Waals surface area (Å²) in [6.07, 6.45) is 8.86. The number of halogens is 1. The van der Waals surface area contributed by atoms with Crippen molar-refractivity contribution >= 4 is 5.91 Å². The highest BCUT2D eigenvalue weighted by Crippen LogP contribution is 2.35. The number of carbonyl (C=O) groups is 1. The number of nitrogens with one attached hydrogen (secondary N) is 1. The van der Waals surface area contributed by atoms with E-state index in [1.807, 2.05) is 4.57 Å². The Morgan fingerprint density at radius 3 is 2.86 bits per heavy atom. The Morgan fingerprint density at radius 2 is 2.17 bits per heavy atom. The first-order valence-corrected chi connectivity index (χ1v) is 10.0. The van der Waals surface area contributed by atoms with Gasteiger partial charge in [-0.1, -0.05) is 19.3 Å². The third kappa shape index (κ3) is 5.33. The van der Waals surface area contributed by atoms with E-state index >= 15 is 0 Å².